The van der Waals surface area contributed by atoms with Crippen LogP contribution in [0.2, 0.25) is 0 Å². The van der Waals surface area contributed by atoms with Crippen molar-refractivity contribution in [2.45, 2.75) is 19.9 Å². The molecule has 2 aromatic carbocycles. The van der Waals surface area contributed by atoms with Crippen molar-refractivity contribution in [2.75, 3.05) is 18.2 Å². The van der Waals surface area contributed by atoms with Gasteiger partial charge in [-0.15, -0.1) is 0 Å². The molecule has 8 heteroatoms. The van der Waals surface area contributed by atoms with E-state index in [1.807, 2.05) is 61.5 Å². The quantitative estimate of drug-likeness (QED) is 0.556. The molecule has 29 heavy (non-hydrogen) atoms. The van der Waals surface area contributed by atoms with Gasteiger partial charge in [0.05, 0.1) is 18.6 Å². The third-order valence-corrected chi connectivity index (χ3v) is 5.75. The molecule has 0 fully saturated rings. The molecule has 0 spiro atoms. The van der Waals surface area contributed by atoms with E-state index < -0.39 is 10.0 Å². The lowest BCUT2D eigenvalue weighted by Crippen LogP contribution is -2.25. The fourth-order valence-corrected chi connectivity index (χ4v) is 3.94. The first kappa shape index (κ1) is 20.8. The van der Waals surface area contributed by atoms with Crippen molar-refractivity contribution in [3.63, 3.8) is 0 Å². The molecule has 2 N–H and O–H groups in total. The first-order valence-electron chi connectivity index (χ1n) is 9.29. The Kier molecular flexibility index (Phi) is 6.79. The number of para-hydroxylation sites is 1. The molecule has 0 atom stereocenters. The molecule has 0 radical (unpaired) electrons. The summed E-state index contributed by atoms with van der Waals surface area (Å²) in [5.41, 5.74) is 3.28. The maximum absolute atomic E-state index is 11.9. The molecule has 7 nitrogen and oxygen atoms in total. The van der Waals surface area contributed by atoms with E-state index in [4.69, 9.17) is 4.74 Å². The van der Waals surface area contributed by atoms with Crippen molar-refractivity contribution < 1.29 is 13.2 Å². The van der Waals surface area contributed by atoms with Crippen LogP contribution in [-0.2, 0) is 16.6 Å². The summed E-state index contributed by atoms with van der Waals surface area (Å²) in [6.07, 6.45) is 2.08. The van der Waals surface area contributed by atoms with E-state index in [1.165, 1.54) is 6.33 Å². The zero-order chi connectivity index (χ0) is 20.7. The van der Waals surface area contributed by atoms with Gasteiger partial charge in [0.25, 0.3) is 0 Å². The Hall–Kier alpha value is -2.97. The lowest BCUT2D eigenvalue weighted by atomic mass is 10.1. The summed E-state index contributed by atoms with van der Waals surface area (Å²) in [6.45, 7) is 2.08. The predicted molar refractivity (Wildman–Crippen MR) is 115 cm³/mol. The normalized spacial score (nSPS) is 11.2. The topological polar surface area (TPSA) is 93.2 Å². The van der Waals surface area contributed by atoms with Crippen LogP contribution in [0.4, 0.5) is 11.5 Å². The number of aromatic nitrogens is 2. The van der Waals surface area contributed by atoms with E-state index in [9.17, 15) is 8.42 Å². The molecule has 3 aromatic rings. The maximum Gasteiger partial charge on any atom is 0.211 e. The molecule has 0 aliphatic rings. The lowest BCUT2D eigenvalue weighted by molar-refractivity contribution is 0.416. The van der Waals surface area contributed by atoms with E-state index in [1.54, 1.807) is 7.11 Å². The Balaban J connectivity index is 1.75. The number of ether oxygens (including phenoxy) is 1. The summed E-state index contributed by atoms with van der Waals surface area (Å²) >= 11 is 0. The number of anilines is 2. The van der Waals surface area contributed by atoms with Gasteiger partial charge in [-0.25, -0.2) is 23.1 Å². The Labute approximate surface area is 171 Å². The fraction of sp³-hybridized carbons (Fsp3) is 0.238. The molecular weight excluding hydrogens is 388 g/mol. The van der Waals surface area contributed by atoms with Crippen LogP contribution in [0, 0.1) is 0 Å². The van der Waals surface area contributed by atoms with Gasteiger partial charge in [0.2, 0.25) is 10.0 Å². The van der Waals surface area contributed by atoms with Crippen LogP contribution in [-0.4, -0.2) is 31.2 Å². The second-order valence-electron chi connectivity index (χ2n) is 6.45. The number of hydrogen-bond donors (Lipinski definition) is 2. The van der Waals surface area contributed by atoms with Crippen LogP contribution in [0.3, 0.4) is 0 Å². The van der Waals surface area contributed by atoms with E-state index in [0.717, 1.165) is 28.3 Å². The minimum Gasteiger partial charge on any atom is -0.496 e. The van der Waals surface area contributed by atoms with Crippen molar-refractivity contribution in [3.05, 3.63) is 66.5 Å². The summed E-state index contributed by atoms with van der Waals surface area (Å²) in [5, 5.41) is 3.25. The first-order chi connectivity index (χ1) is 14.0. The fourth-order valence-electron chi connectivity index (χ4n) is 2.87. The van der Waals surface area contributed by atoms with Crippen molar-refractivity contribution in [1.82, 2.24) is 14.7 Å². The van der Waals surface area contributed by atoms with E-state index in [2.05, 4.69) is 20.0 Å². The number of rotatable bonds is 9. The van der Waals surface area contributed by atoms with E-state index in [-0.39, 0.29) is 12.3 Å². The Morgan fingerprint density at radius 2 is 1.86 bits per heavy atom. The molecule has 0 aliphatic carbocycles. The molecule has 1 aromatic heterocycles. The van der Waals surface area contributed by atoms with E-state index in [0.29, 0.717) is 12.2 Å². The molecule has 1 heterocycles. The van der Waals surface area contributed by atoms with Crippen molar-refractivity contribution in [3.8, 4) is 17.0 Å². The predicted octanol–water partition coefficient (Wildman–Crippen LogP) is 3.73. The second-order valence-corrected chi connectivity index (χ2v) is 8.38. The van der Waals surface area contributed by atoms with Gasteiger partial charge in [-0.3, -0.25) is 0 Å². The van der Waals surface area contributed by atoms with Gasteiger partial charge in [-0.2, -0.15) is 0 Å². The smallest absolute Gasteiger partial charge is 0.211 e. The van der Waals surface area contributed by atoms with Crippen LogP contribution in [0.1, 0.15) is 18.9 Å². The molecule has 0 bridgehead atoms. The van der Waals surface area contributed by atoms with Gasteiger partial charge in [0.15, 0.2) is 0 Å². The van der Waals surface area contributed by atoms with Gasteiger partial charge in [0, 0.05) is 23.9 Å². The van der Waals surface area contributed by atoms with Crippen LogP contribution in [0.25, 0.3) is 11.3 Å². The molecule has 3 rings (SSSR count). The molecule has 152 valence electrons. The van der Waals surface area contributed by atoms with Crippen LogP contribution in [0.15, 0.2) is 60.9 Å². The average Bonchev–Trinajstić information content (AvgIpc) is 2.73. The van der Waals surface area contributed by atoms with Gasteiger partial charge in [0.1, 0.15) is 17.9 Å². The Morgan fingerprint density at radius 3 is 2.66 bits per heavy atom. The van der Waals surface area contributed by atoms with Gasteiger partial charge >= 0.3 is 0 Å². The number of nitrogens with one attached hydrogen (secondary N) is 2. The highest BCUT2D eigenvalue weighted by Gasteiger charge is 2.10. The molecule has 0 aliphatic heterocycles. The van der Waals surface area contributed by atoms with Crippen LogP contribution >= 0.6 is 0 Å². The SMILES string of the molecule is CCCS(=O)(=O)NCc1cccc(Nc2cc(-c3ccccc3OC)ncn2)c1. The summed E-state index contributed by atoms with van der Waals surface area (Å²) in [5.74, 6) is 1.49. The molecule has 0 saturated carbocycles. The number of methoxy groups -OCH3 is 1. The highest BCUT2D eigenvalue weighted by atomic mass is 32.2. The Morgan fingerprint density at radius 1 is 1.03 bits per heavy atom. The highest BCUT2D eigenvalue weighted by Crippen LogP contribution is 2.29. The van der Waals surface area contributed by atoms with Gasteiger partial charge in [-0.05, 0) is 36.2 Å². The van der Waals surface area contributed by atoms with Crippen LogP contribution < -0.4 is 14.8 Å². The molecule has 0 unspecified atom stereocenters. The number of hydrogen-bond acceptors (Lipinski definition) is 6. The minimum atomic E-state index is -3.25. The zero-order valence-corrected chi connectivity index (χ0v) is 17.2. The molecule has 0 amide bonds. The van der Waals surface area contributed by atoms with Crippen molar-refractivity contribution in [1.29, 1.82) is 0 Å². The van der Waals surface area contributed by atoms with Gasteiger partial charge < -0.3 is 10.1 Å². The standard InChI is InChI=1S/C21H24N4O3S/c1-3-11-29(26,27)24-14-16-7-6-8-17(12-16)25-21-13-19(22-15-23-21)18-9-4-5-10-20(18)28-2/h4-10,12-13,15,24H,3,11,14H2,1-2H3,(H,22,23,25). The van der Waals surface area contributed by atoms with Gasteiger partial charge in [-0.1, -0.05) is 31.2 Å². The number of sulfonamides is 1. The third kappa shape index (κ3) is 5.75. The Bertz CT molecular complexity index is 1070. The maximum atomic E-state index is 11.9. The van der Waals surface area contributed by atoms with Crippen molar-refractivity contribution >= 4 is 21.5 Å². The summed E-state index contributed by atoms with van der Waals surface area (Å²) in [4.78, 5) is 8.62. The third-order valence-electron chi connectivity index (χ3n) is 4.22. The largest absolute Gasteiger partial charge is 0.496 e. The summed E-state index contributed by atoms with van der Waals surface area (Å²) in [7, 11) is -1.62. The highest BCUT2D eigenvalue weighted by molar-refractivity contribution is 7.89. The monoisotopic (exact) mass is 412 g/mol. The molecule has 0 saturated heterocycles. The number of benzene rings is 2. The first-order valence-corrected chi connectivity index (χ1v) is 10.9. The summed E-state index contributed by atoms with van der Waals surface area (Å²) in [6, 6.07) is 17.0. The minimum absolute atomic E-state index is 0.123. The van der Waals surface area contributed by atoms with E-state index >= 15 is 0 Å². The number of nitrogens with zero attached hydrogens (tertiary/aromatic N) is 2. The summed E-state index contributed by atoms with van der Waals surface area (Å²) < 4.78 is 31.7. The molecular formula is C21H24N4O3S. The zero-order valence-electron chi connectivity index (χ0n) is 16.4. The van der Waals surface area contributed by atoms with Crippen molar-refractivity contribution in [2.24, 2.45) is 0 Å². The van der Waals surface area contributed by atoms with Crippen LogP contribution in [0.5, 0.6) is 5.75 Å². The second kappa shape index (κ2) is 9.49. The average molecular weight is 413 g/mol. The lowest BCUT2D eigenvalue weighted by Gasteiger charge is -2.11.